The lowest BCUT2D eigenvalue weighted by Crippen LogP contribution is -2.57. The molecule has 4 atom stereocenters. The summed E-state index contributed by atoms with van der Waals surface area (Å²) < 4.78 is 27.4. The molecule has 3 rings (SSSR count). The molecule has 1 amide bonds. The van der Waals surface area contributed by atoms with Crippen LogP contribution in [-0.4, -0.2) is 40.9 Å². The van der Waals surface area contributed by atoms with Gasteiger partial charge in [0.15, 0.2) is 0 Å². The molecule has 2 aromatic carbocycles. The average molecular weight is 489 g/mol. The van der Waals surface area contributed by atoms with Gasteiger partial charge in [-0.15, -0.1) is 0 Å². The molecule has 1 aliphatic carbocycles. The van der Waals surface area contributed by atoms with Gasteiger partial charge in [-0.2, -0.15) is 0 Å². The summed E-state index contributed by atoms with van der Waals surface area (Å²) in [7, 11) is 0. The van der Waals surface area contributed by atoms with Crippen LogP contribution >= 0.6 is 0 Å². The Hall–Kier alpha value is -2.35. The summed E-state index contributed by atoms with van der Waals surface area (Å²) in [4.78, 5) is 11.8. The maximum atomic E-state index is 13.7. The minimum atomic E-state index is -1.05. The first-order valence-electron chi connectivity index (χ1n) is 12.3. The van der Waals surface area contributed by atoms with Crippen LogP contribution in [0.2, 0.25) is 0 Å². The molecule has 5 nitrogen and oxygen atoms in total. The SMILES string of the molecule is CC(=O)N[C@H](Cc1cc(F)cc(F)c1)[C@H](O)CNC1(c2cccc(C(C)(C)C)c2)CCCCC1O. The predicted octanol–water partition coefficient (Wildman–Crippen LogP) is 4.09. The number of aliphatic hydroxyl groups is 2. The van der Waals surface area contributed by atoms with Crippen LogP contribution in [0, 0.1) is 11.6 Å². The Morgan fingerprint density at radius 2 is 1.83 bits per heavy atom. The van der Waals surface area contributed by atoms with E-state index in [0.29, 0.717) is 18.4 Å². The number of carbonyl (C=O) groups is 1. The van der Waals surface area contributed by atoms with Gasteiger partial charge >= 0.3 is 0 Å². The first-order valence-corrected chi connectivity index (χ1v) is 12.3. The molecule has 0 bridgehead atoms. The lowest BCUT2D eigenvalue weighted by molar-refractivity contribution is -0.120. The van der Waals surface area contributed by atoms with Gasteiger partial charge in [0.05, 0.1) is 23.8 Å². The minimum absolute atomic E-state index is 0.0617. The smallest absolute Gasteiger partial charge is 0.217 e. The van der Waals surface area contributed by atoms with Crippen molar-refractivity contribution in [2.24, 2.45) is 0 Å². The van der Waals surface area contributed by atoms with Crippen LogP contribution in [0.15, 0.2) is 42.5 Å². The molecule has 1 aliphatic rings. The van der Waals surface area contributed by atoms with Crippen molar-refractivity contribution in [2.75, 3.05) is 6.54 Å². The zero-order valence-electron chi connectivity index (χ0n) is 21.1. The fourth-order valence-electron chi connectivity index (χ4n) is 5.02. The molecule has 7 heteroatoms. The van der Waals surface area contributed by atoms with Gasteiger partial charge < -0.3 is 20.8 Å². The topological polar surface area (TPSA) is 81.6 Å². The van der Waals surface area contributed by atoms with Crippen molar-refractivity contribution in [1.29, 1.82) is 0 Å². The molecule has 0 radical (unpaired) electrons. The highest BCUT2D eigenvalue weighted by Crippen LogP contribution is 2.39. The number of amides is 1. The molecule has 2 unspecified atom stereocenters. The van der Waals surface area contributed by atoms with E-state index >= 15 is 0 Å². The van der Waals surface area contributed by atoms with E-state index in [1.54, 1.807) is 0 Å². The molecule has 2 aromatic rings. The lowest BCUT2D eigenvalue weighted by Gasteiger charge is -2.44. The third-order valence-corrected chi connectivity index (χ3v) is 6.97. The third kappa shape index (κ3) is 6.87. The number of rotatable bonds is 8. The molecule has 4 N–H and O–H groups in total. The van der Waals surface area contributed by atoms with Crippen molar-refractivity contribution in [3.8, 4) is 0 Å². The van der Waals surface area contributed by atoms with Gasteiger partial charge in [-0.1, -0.05) is 57.9 Å². The summed E-state index contributed by atoms with van der Waals surface area (Å²) in [6, 6.07) is 10.6. The maximum absolute atomic E-state index is 13.7. The van der Waals surface area contributed by atoms with Crippen LogP contribution in [0.25, 0.3) is 0 Å². The second-order valence-electron chi connectivity index (χ2n) is 10.8. The summed E-state index contributed by atoms with van der Waals surface area (Å²) in [5.41, 5.74) is 1.65. The Balaban J connectivity index is 1.85. The highest BCUT2D eigenvalue weighted by Gasteiger charge is 2.42. The predicted molar refractivity (Wildman–Crippen MR) is 133 cm³/mol. The molecule has 0 aromatic heterocycles. The number of hydrogen-bond donors (Lipinski definition) is 4. The van der Waals surface area contributed by atoms with Gasteiger partial charge in [-0.3, -0.25) is 4.79 Å². The lowest BCUT2D eigenvalue weighted by atomic mass is 9.72. The number of carbonyl (C=O) groups excluding carboxylic acids is 1. The summed E-state index contributed by atoms with van der Waals surface area (Å²) in [6.07, 6.45) is 1.56. The number of aliphatic hydroxyl groups excluding tert-OH is 2. The molecule has 0 heterocycles. The van der Waals surface area contributed by atoms with Crippen molar-refractivity contribution in [3.05, 3.63) is 70.8 Å². The number of hydrogen-bond acceptors (Lipinski definition) is 4. The van der Waals surface area contributed by atoms with Crippen molar-refractivity contribution in [3.63, 3.8) is 0 Å². The third-order valence-electron chi connectivity index (χ3n) is 6.97. The zero-order chi connectivity index (χ0) is 25.8. The largest absolute Gasteiger partial charge is 0.391 e. The first kappa shape index (κ1) is 27.2. The first-order chi connectivity index (χ1) is 16.4. The summed E-state index contributed by atoms with van der Waals surface area (Å²) in [5, 5.41) is 28.4. The van der Waals surface area contributed by atoms with Crippen LogP contribution in [0.5, 0.6) is 0 Å². The molecular formula is C28H38F2N2O3. The van der Waals surface area contributed by atoms with Gasteiger partial charge in [-0.25, -0.2) is 8.78 Å². The second kappa shape index (κ2) is 11.1. The summed E-state index contributed by atoms with van der Waals surface area (Å²) in [6.45, 7) is 7.84. The average Bonchev–Trinajstić information content (AvgIpc) is 2.76. The number of nitrogens with one attached hydrogen (secondary N) is 2. The van der Waals surface area contributed by atoms with Gasteiger partial charge in [0.2, 0.25) is 5.91 Å². The van der Waals surface area contributed by atoms with E-state index in [2.05, 4.69) is 43.5 Å². The van der Waals surface area contributed by atoms with Crippen LogP contribution in [-0.2, 0) is 22.2 Å². The van der Waals surface area contributed by atoms with Crippen molar-refractivity contribution in [1.82, 2.24) is 10.6 Å². The maximum Gasteiger partial charge on any atom is 0.217 e. The second-order valence-corrected chi connectivity index (χ2v) is 10.8. The quantitative estimate of drug-likeness (QED) is 0.451. The highest BCUT2D eigenvalue weighted by molar-refractivity contribution is 5.73. The molecule has 192 valence electrons. The van der Waals surface area contributed by atoms with Gasteiger partial charge in [0, 0.05) is 19.5 Å². The number of halogens is 2. The molecule has 1 saturated carbocycles. The molecule has 0 saturated heterocycles. The van der Waals surface area contributed by atoms with Crippen molar-refractivity contribution in [2.45, 2.75) is 89.0 Å². The monoisotopic (exact) mass is 488 g/mol. The number of benzene rings is 2. The Kier molecular flexibility index (Phi) is 8.67. The van der Waals surface area contributed by atoms with Crippen molar-refractivity contribution < 1.29 is 23.8 Å². The summed E-state index contributed by atoms with van der Waals surface area (Å²) >= 11 is 0. The van der Waals surface area contributed by atoms with E-state index < -0.39 is 35.4 Å². The van der Waals surface area contributed by atoms with E-state index in [-0.39, 0.29) is 24.3 Å². The van der Waals surface area contributed by atoms with E-state index in [4.69, 9.17) is 0 Å². The Labute approximate surface area is 207 Å². The molecule has 1 fully saturated rings. The molecular weight excluding hydrogens is 450 g/mol. The fourth-order valence-corrected chi connectivity index (χ4v) is 5.02. The van der Waals surface area contributed by atoms with Crippen LogP contribution in [0.1, 0.15) is 70.1 Å². The molecule has 0 aliphatic heterocycles. The van der Waals surface area contributed by atoms with Crippen molar-refractivity contribution >= 4 is 5.91 Å². The van der Waals surface area contributed by atoms with E-state index in [1.165, 1.54) is 19.1 Å². The van der Waals surface area contributed by atoms with E-state index in [0.717, 1.165) is 30.0 Å². The minimum Gasteiger partial charge on any atom is -0.391 e. The van der Waals surface area contributed by atoms with E-state index in [1.807, 2.05) is 12.1 Å². The Bertz CT molecular complexity index is 1000. The Morgan fingerprint density at radius 1 is 1.14 bits per heavy atom. The highest BCUT2D eigenvalue weighted by atomic mass is 19.1. The van der Waals surface area contributed by atoms with Gasteiger partial charge in [-0.05, 0) is 53.5 Å². The molecule has 35 heavy (non-hydrogen) atoms. The van der Waals surface area contributed by atoms with Crippen LogP contribution in [0.4, 0.5) is 8.78 Å². The van der Waals surface area contributed by atoms with Gasteiger partial charge in [0.1, 0.15) is 11.6 Å². The van der Waals surface area contributed by atoms with Crippen LogP contribution < -0.4 is 10.6 Å². The van der Waals surface area contributed by atoms with Crippen LogP contribution in [0.3, 0.4) is 0 Å². The Morgan fingerprint density at radius 3 is 2.43 bits per heavy atom. The standard InChI is InChI=1S/C28H38F2N2O3/c1-18(33)32-24(14-19-12-22(29)16-23(30)13-19)25(34)17-31-28(11-6-5-10-26(28)35)21-9-7-8-20(15-21)27(2,3)4/h7-9,12-13,15-16,24-26,31,34-35H,5-6,10-11,14,17H2,1-4H3,(H,32,33)/t24-,25-,26?,28?/m1/s1. The normalized spacial score (nSPS) is 22.5. The zero-order valence-corrected chi connectivity index (χ0v) is 21.1. The van der Waals surface area contributed by atoms with Gasteiger partial charge in [0.25, 0.3) is 0 Å². The fraction of sp³-hybridized carbons (Fsp3) is 0.536. The van der Waals surface area contributed by atoms with E-state index in [9.17, 15) is 23.8 Å². The molecule has 0 spiro atoms. The summed E-state index contributed by atoms with van der Waals surface area (Å²) in [5.74, 6) is -1.77.